The largest absolute Gasteiger partial charge is 0.287 e. The zero-order chi connectivity index (χ0) is 39.5. The van der Waals surface area contributed by atoms with Gasteiger partial charge in [-0.3, -0.25) is 9.59 Å². The topological polar surface area (TPSA) is 41.9 Å². The van der Waals surface area contributed by atoms with Crippen LogP contribution in [0, 0.1) is 10.8 Å². The van der Waals surface area contributed by atoms with E-state index in [0.717, 1.165) is 57.4 Å². The predicted molar refractivity (Wildman–Crippen MR) is 224 cm³/mol. The Balaban J connectivity index is 1.30. The van der Waals surface area contributed by atoms with Crippen LogP contribution in [0.3, 0.4) is 0 Å². The van der Waals surface area contributed by atoms with Crippen LogP contribution in [0.15, 0.2) is 191 Å². The summed E-state index contributed by atoms with van der Waals surface area (Å²) < 4.78 is 4.07. The molecule has 0 fully saturated rings. The van der Waals surface area contributed by atoms with Crippen molar-refractivity contribution in [3.8, 4) is 0 Å². The quantitative estimate of drug-likeness (QED) is 0.162. The van der Waals surface area contributed by atoms with Crippen LogP contribution in [0.5, 0.6) is 0 Å². The Labute approximate surface area is 325 Å². The minimum Gasteiger partial charge on any atom is -0.287 e. The summed E-state index contributed by atoms with van der Waals surface area (Å²) in [5.74, 6) is 0.392. The van der Waals surface area contributed by atoms with Crippen molar-refractivity contribution in [1.82, 2.24) is 0 Å². The second kappa shape index (κ2) is 18.7. The lowest BCUT2D eigenvalue weighted by atomic mass is 9.70. The third kappa shape index (κ3) is 11.1. The molecule has 0 radical (unpaired) electrons. The minimum absolute atomic E-state index is 0.111. The van der Waals surface area contributed by atoms with E-state index in [9.17, 15) is 9.59 Å². The van der Waals surface area contributed by atoms with E-state index in [2.05, 4.69) is 140 Å². The molecule has 2 heterocycles. The van der Waals surface area contributed by atoms with E-state index in [0.29, 0.717) is 0 Å². The van der Waals surface area contributed by atoms with Crippen molar-refractivity contribution in [2.75, 3.05) is 0 Å². The van der Waals surface area contributed by atoms with E-state index < -0.39 is 0 Å². The maximum atomic E-state index is 13.3. The zero-order valence-electron chi connectivity index (χ0n) is 34.1. The molecule has 0 saturated carbocycles. The molecule has 2 unspecified atom stereocenters. The second-order valence-electron chi connectivity index (χ2n) is 16.1. The Morgan fingerprint density at radius 1 is 0.519 bits per heavy atom. The fourth-order valence-corrected chi connectivity index (χ4v) is 7.34. The molecule has 0 saturated heterocycles. The Morgan fingerprint density at radius 2 is 0.833 bits per heavy atom. The van der Waals surface area contributed by atoms with Crippen molar-refractivity contribution in [3.05, 3.63) is 191 Å². The fraction of sp³-hybridized carbons (Fsp3) is 0.320. The van der Waals surface area contributed by atoms with Gasteiger partial charge in [-0.25, -0.2) is 0 Å². The molecule has 0 aliphatic heterocycles. The molecule has 0 amide bonds. The number of carbonyl (C=O) groups is 2. The summed E-state index contributed by atoms with van der Waals surface area (Å²) in [4.78, 5) is 26.6. The molecule has 2 aliphatic rings. The molecule has 2 aromatic heterocycles. The van der Waals surface area contributed by atoms with E-state index in [1.165, 1.54) is 0 Å². The van der Waals surface area contributed by atoms with Gasteiger partial charge in [0.1, 0.15) is 0 Å². The summed E-state index contributed by atoms with van der Waals surface area (Å²) in [7, 11) is 0. The number of allylic oxidation sites excluding steroid dienone is 22. The first-order valence-electron chi connectivity index (χ1n) is 19.1. The minimum atomic E-state index is -0.163. The number of ketones is 2. The molecular formula is C50H60N2O2+2. The number of pyridine rings is 2. The van der Waals surface area contributed by atoms with Crippen LogP contribution in [-0.4, -0.2) is 11.6 Å². The van der Waals surface area contributed by atoms with E-state index in [1.54, 1.807) is 0 Å². The van der Waals surface area contributed by atoms with E-state index in [-0.39, 0.29) is 34.5 Å². The average molecular weight is 721 g/mol. The maximum Gasteiger partial charge on any atom is 0.226 e. The number of rotatable bonds is 12. The molecule has 4 nitrogen and oxygen atoms in total. The van der Waals surface area contributed by atoms with Gasteiger partial charge in [0.15, 0.2) is 24.8 Å². The number of aromatic nitrogens is 2. The number of hydrogen-bond donors (Lipinski definition) is 0. The third-order valence-corrected chi connectivity index (χ3v) is 10.5. The standard InChI is InChI=1S/C50H60N2O2/c1-37(23-19-25-39(3)27-29-43-41(5)47(53)45(35-49(43,7)8)51-31-15-11-16-32-51)21-13-14-22-38(2)24-20-26-40(4)28-30-44-42(6)48(54)46(36-50(44,9)10)52-33-17-12-18-34-52/h11-34,45-46H,35-36H2,1-10H3/q+2/b14-13+,23-19+,24-20+,29-27+,30-28+,37-21+,38-22+,39-25+,40-26+. The molecular weight excluding hydrogens is 661 g/mol. The number of hydrogen-bond acceptors (Lipinski definition) is 2. The van der Waals surface area contributed by atoms with Crippen molar-refractivity contribution < 1.29 is 18.7 Å². The van der Waals surface area contributed by atoms with Crippen LogP contribution in [0.2, 0.25) is 0 Å². The molecule has 2 aromatic rings. The van der Waals surface area contributed by atoms with Gasteiger partial charge in [-0.15, -0.1) is 0 Å². The lowest BCUT2D eigenvalue weighted by Crippen LogP contribution is -2.48. The van der Waals surface area contributed by atoms with Gasteiger partial charge in [-0.2, -0.15) is 9.13 Å². The van der Waals surface area contributed by atoms with Crippen molar-refractivity contribution in [1.29, 1.82) is 0 Å². The Morgan fingerprint density at radius 3 is 1.19 bits per heavy atom. The van der Waals surface area contributed by atoms with Crippen molar-refractivity contribution >= 4 is 11.6 Å². The van der Waals surface area contributed by atoms with Crippen LogP contribution in [0.1, 0.15) is 94.2 Å². The predicted octanol–water partition coefficient (Wildman–Crippen LogP) is 11.2. The summed E-state index contributed by atoms with van der Waals surface area (Å²) in [5.41, 5.74) is 8.24. The highest BCUT2D eigenvalue weighted by Crippen LogP contribution is 2.43. The van der Waals surface area contributed by atoms with Crippen LogP contribution in [0.4, 0.5) is 0 Å². The SMILES string of the molecule is CC1=C(/C=C/C(C)=C/C=C/C(C)=C/C=C/C=C(C)/C=C/C=C(C)/C=C/C2=C(C)C(=O)C([n+]3ccccc3)CC2(C)C)C(C)(C)CC([n+]2ccccc2)C1=O. The van der Waals surface area contributed by atoms with Gasteiger partial charge in [0.2, 0.25) is 23.7 Å². The van der Waals surface area contributed by atoms with Gasteiger partial charge in [-0.05, 0) is 63.5 Å². The van der Waals surface area contributed by atoms with Crippen molar-refractivity contribution in [2.45, 2.75) is 94.2 Å². The van der Waals surface area contributed by atoms with Gasteiger partial charge < -0.3 is 0 Å². The van der Waals surface area contributed by atoms with Gasteiger partial charge >= 0.3 is 0 Å². The van der Waals surface area contributed by atoms with E-state index in [1.807, 2.05) is 84.2 Å². The summed E-state index contributed by atoms with van der Waals surface area (Å²) >= 11 is 0. The fourth-order valence-electron chi connectivity index (χ4n) is 7.34. The first-order chi connectivity index (χ1) is 25.6. The van der Waals surface area contributed by atoms with Crippen molar-refractivity contribution in [2.24, 2.45) is 10.8 Å². The molecule has 4 heteroatoms. The highest BCUT2D eigenvalue weighted by Gasteiger charge is 2.43. The average Bonchev–Trinajstić information content (AvgIpc) is 3.13. The van der Waals surface area contributed by atoms with Crippen molar-refractivity contribution in [3.63, 3.8) is 0 Å². The molecule has 0 bridgehead atoms. The number of Topliss-reactive ketones (excluding diaryl/α,β-unsaturated/α-hetero) is 2. The number of carbonyl (C=O) groups excluding carboxylic acids is 2. The van der Waals surface area contributed by atoms with Crippen LogP contribution >= 0.6 is 0 Å². The molecule has 0 N–H and O–H groups in total. The third-order valence-electron chi connectivity index (χ3n) is 10.5. The van der Waals surface area contributed by atoms with Gasteiger partial charge in [0.05, 0.1) is 0 Å². The van der Waals surface area contributed by atoms with Crippen LogP contribution in [0.25, 0.3) is 0 Å². The molecule has 0 aromatic carbocycles. The van der Waals surface area contributed by atoms with Crippen LogP contribution < -0.4 is 9.13 Å². The molecule has 54 heavy (non-hydrogen) atoms. The molecule has 4 rings (SSSR count). The van der Waals surface area contributed by atoms with Gasteiger partial charge in [0.25, 0.3) is 0 Å². The number of nitrogens with zero attached hydrogens (tertiary/aromatic N) is 2. The summed E-state index contributed by atoms with van der Waals surface area (Å²) in [6.07, 6.45) is 38.8. The Kier molecular flexibility index (Phi) is 14.4. The van der Waals surface area contributed by atoms with Crippen LogP contribution in [-0.2, 0) is 9.59 Å². The maximum absolute atomic E-state index is 13.3. The molecule has 280 valence electrons. The highest BCUT2D eigenvalue weighted by atomic mass is 16.1. The first-order valence-corrected chi connectivity index (χ1v) is 19.1. The van der Waals surface area contributed by atoms with Gasteiger partial charge in [0, 0.05) is 48.3 Å². The summed E-state index contributed by atoms with van der Waals surface area (Å²) in [5, 5.41) is 0. The normalized spacial score (nSPS) is 22.0. The first kappa shape index (κ1) is 41.5. The second-order valence-corrected chi connectivity index (χ2v) is 16.1. The zero-order valence-corrected chi connectivity index (χ0v) is 34.1. The monoisotopic (exact) mass is 720 g/mol. The van der Waals surface area contributed by atoms with E-state index in [4.69, 9.17) is 0 Å². The smallest absolute Gasteiger partial charge is 0.226 e. The Bertz CT molecular complexity index is 1890. The molecule has 2 aliphatic carbocycles. The lowest BCUT2D eigenvalue weighted by Gasteiger charge is -2.34. The summed E-state index contributed by atoms with van der Waals surface area (Å²) in [6, 6.07) is 11.5. The molecule has 0 spiro atoms. The van der Waals surface area contributed by atoms with Gasteiger partial charge in [-0.1, -0.05) is 147 Å². The van der Waals surface area contributed by atoms with E-state index >= 15 is 0 Å². The lowest BCUT2D eigenvalue weighted by molar-refractivity contribution is -0.711. The Hall–Kier alpha value is -5.22. The summed E-state index contributed by atoms with van der Waals surface area (Å²) in [6.45, 7) is 21.2. The molecule has 2 atom stereocenters. The highest BCUT2D eigenvalue weighted by molar-refractivity contribution is 5.99.